The van der Waals surface area contributed by atoms with Crippen LogP contribution >= 0.6 is 0 Å². The number of furan rings is 1. The number of para-hydroxylation sites is 3. The molecule has 0 saturated heterocycles. The summed E-state index contributed by atoms with van der Waals surface area (Å²) in [5.41, 5.74) is 8.83. The second-order valence-corrected chi connectivity index (χ2v) is 12.5. The van der Waals surface area contributed by atoms with Crippen LogP contribution in [-0.4, -0.2) is 9.13 Å². The Hall–Kier alpha value is -6.32. The molecule has 0 aliphatic carbocycles. The number of aromatic nitrogens is 2. The normalized spacial score (nSPS) is 12.3. The van der Waals surface area contributed by atoms with Crippen LogP contribution in [0.1, 0.15) is 0 Å². The molecule has 11 rings (SSSR count). The average Bonchev–Trinajstić information content (AvgIpc) is 3.79. The van der Waals surface area contributed by atoms with Crippen molar-refractivity contribution in [1.82, 2.24) is 9.13 Å². The lowest BCUT2D eigenvalue weighted by molar-refractivity contribution is 0.673. The summed E-state index contributed by atoms with van der Waals surface area (Å²) in [6.07, 6.45) is 0. The fourth-order valence-corrected chi connectivity index (χ4v) is 8.16. The van der Waals surface area contributed by atoms with Gasteiger partial charge < -0.3 is 13.6 Å². The molecule has 3 heterocycles. The Labute approximate surface area is 269 Å². The van der Waals surface area contributed by atoms with Crippen LogP contribution in [0, 0.1) is 0 Å². The number of nitrogens with zero attached hydrogens (tertiary/aromatic N) is 2. The Morgan fingerprint density at radius 1 is 0.362 bits per heavy atom. The van der Waals surface area contributed by atoms with Crippen molar-refractivity contribution in [1.29, 1.82) is 0 Å². The SMILES string of the molecule is c1ccc(-n2c3ccc4c5ccccc5oc4c3c3c4c5ccccc5n(-c5cc6ccccc6c6ccccc56)c4ccc32)cc1. The van der Waals surface area contributed by atoms with Gasteiger partial charge in [-0.15, -0.1) is 0 Å². The van der Waals surface area contributed by atoms with Crippen LogP contribution in [0.5, 0.6) is 0 Å². The molecule has 0 radical (unpaired) electrons. The predicted octanol–water partition coefficient (Wildman–Crippen LogP) is 12.1. The first kappa shape index (κ1) is 24.9. The maximum absolute atomic E-state index is 6.76. The Morgan fingerprint density at radius 3 is 1.83 bits per heavy atom. The summed E-state index contributed by atoms with van der Waals surface area (Å²) in [6, 6.07) is 56.9. The zero-order valence-electron chi connectivity index (χ0n) is 25.3. The zero-order valence-corrected chi connectivity index (χ0v) is 25.3. The van der Waals surface area contributed by atoms with Gasteiger partial charge in [0.2, 0.25) is 0 Å². The minimum atomic E-state index is 0.910. The molecule has 0 aliphatic rings. The molecule has 8 aromatic carbocycles. The fourth-order valence-electron chi connectivity index (χ4n) is 8.16. The fraction of sp³-hybridized carbons (Fsp3) is 0. The van der Waals surface area contributed by atoms with E-state index in [2.05, 4.69) is 167 Å². The van der Waals surface area contributed by atoms with E-state index in [1.54, 1.807) is 0 Å². The standard InChI is InChI=1S/C44H26N2O/c1-2-13-28(14-3-1)45-37-25-24-36-41(42(37)43-38(45)23-22-33-32-18-9-11-21-40(32)47-44(33)43)34-19-8-10-20-35(34)46(36)39-26-27-12-4-5-15-29(27)30-16-6-7-17-31(30)39/h1-26H. The maximum atomic E-state index is 6.76. The monoisotopic (exact) mass is 598 g/mol. The second-order valence-electron chi connectivity index (χ2n) is 12.5. The van der Waals surface area contributed by atoms with Gasteiger partial charge in [0.15, 0.2) is 0 Å². The Morgan fingerprint density at radius 2 is 0.979 bits per heavy atom. The molecule has 0 N–H and O–H groups in total. The van der Waals surface area contributed by atoms with Crippen LogP contribution in [0.3, 0.4) is 0 Å². The van der Waals surface area contributed by atoms with Gasteiger partial charge in [0.25, 0.3) is 0 Å². The Balaban J connectivity index is 1.39. The van der Waals surface area contributed by atoms with Gasteiger partial charge in [-0.05, 0) is 70.8 Å². The van der Waals surface area contributed by atoms with Crippen molar-refractivity contribution >= 4 is 87.1 Å². The molecule has 218 valence electrons. The summed E-state index contributed by atoms with van der Waals surface area (Å²) in [7, 11) is 0. The highest BCUT2D eigenvalue weighted by atomic mass is 16.3. The van der Waals surface area contributed by atoms with E-state index in [1.807, 2.05) is 0 Å². The quantitative estimate of drug-likeness (QED) is 0.182. The molecule has 0 spiro atoms. The zero-order chi connectivity index (χ0) is 30.6. The molecule has 0 bridgehead atoms. The van der Waals surface area contributed by atoms with Crippen LogP contribution in [0.2, 0.25) is 0 Å². The Bertz CT molecular complexity index is 3070. The lowest BCUT2D eigenvalue weighted by Crippen LogP contribution is -1.96. The Kier molecular flexibility index (Phi) is 4.84. The topological polar surface area (TPSA) is 23.0 Å². The van der Waals surface area contributed by atoms with Gasteiger partial charge in [0.1, 0.15) is 11.2 Å². The summed E-state index contributed by atoms with van der Waals surface area (Å²) in [5, 5.41) is 12.1. The third kappa shape index (κ3) is 3.25. The highest BCUT2D eigenvalue weighted by Gasteiger charge is 2.24. The van der Waals surface area contributed by atoms with Crippen LogP contribution in [0.4, 0.5) is 0 Å². The number of rotatable bonds is 2. The first-order valence-corrected chi connectivity index (χ1v) is 16.1. The van der Waals surface area contributed by atoms with Gasteiger partial charge in [-0.25, -0.2) is 0 Å². The molecular formula is C44H26N2O. The van der Waals surface area contributed by atoms with Gasteiger partial charge in [0.05, 0.1) is 33.1 Å². The molecule has 0 unspecified atom stereocenters. The summed E-state index contributed by atoms with van der Waals surface area (Å²) in [5.74, 6) is 0. The summed E-state index contributed by atoms with van der Waals surface area (Å²) < 4.78 is 11.6. The van der Waals surface area contributed by atoms with E-state index in [0.29, 0.717) is 0 Å². The van der Waals surface area contributed by atoms with Crippen molar-refractivity contribution in [3.05, 3.63) is 158 Å². The van der Waals surface area contributed by atoms with E-state index in [1.165, 1.54) is 54.4 Å². The molecular weight excluding hydrogens is 572 g/mol. The minimum absolute atomic E-state index is 0.910. The number of fused-ring (bicyclic) bond motifs is 14. The smallest absolute Gasteiger partial charge is 0.145 e. The molecule has 47 heavy (non-hydrogen) atoms. The van der Waals surface area contributed by atoms with Crippen molar-refractivity contribution in [3.63, 3.8) is 0 Å². The summed E-state index contributed by atoms with van der Waals surface area (Å²) in [6.45, 7) is 0. The third-order valence-electron chi connectivity index (χ3n) is 10.1. The minimum Gasteiger partial charge on any atom is -0.455 e. The summed E-state index contributed by atoms with van der Waals surface area (Å²) in [4.78, 5) is 0. The largest absolute Gasteiger partial charge is 0.455 e. The molecule has 3 aromatic heterocycles. The van der Waals surface area contributed by atoms with Crippen LogP contribution in [0.15, 0.2) is 162 Å². The van der Waals surface area contributed by atoms with Crippen molar-refractivity contribution in [3.8, 4) is 11.4 Å². The predicted molar refractivity (Wildman–Crippen MR) is 197 cm³/mol. The molecule has 0 fully saturated rings. The molecule has 0 amide bonds. The van der Waals surface area contributed by atoms with Crippen molar-refractivity contribution in [2.24, 2.45) is 0 Å². The average molecular weight is 599 g/mol. The van der Waals surface area contributed by atoms with Gasteiger partial charge in [0, 0.05) is 38.0 Å². The number of benzene rings is 8. The van der Waals surface area contributed by atoms with E-state index in [4.69, 9.17) is 4.42 Å². The molecule has 0 saturated carbocycles. The second kappa shape index (κ2) is 9.12. The van der Waals surface area contributed by atoms with Gasteiger partial charge in [-0.3, -0.25) is 0 Å². The highest BCUT2D eigenvalue weighted by Crippen LogP contribution is 2.46. The van der Waals surface area contributed by atoms with Crippen LogP contribution < -0.4 is 0 Å². The van der Waals surface area contributed by atoms with Crippen molar-refractivity contribution in [2.75, 3.05) is 0 Å². The summed E-state index contributed by atoms with van der Waals surface area (Å²) >= 11 is 0. The molecule has 3 heteroatoms. The number of hydrogen-bond donors (Lipinski definition) is 0. The van der Waals surface area contributed by atoms with Gasteiger partial charge in [-0.2, -0.15) is 0 Å². The maximum Gasteiger partial charge on any atom is 0.145 e. The first-order valence-electron chi connectivity index (χ1n) is 16.1. The van der Waals surface area contributed by atoms with E-state index >= 15 is 0 Å². The molecule has 0 atom stereocenters. The third-order valence-corrected chi connectivity index (χ3v) is 10.1. The molecule has 3 nitrogen and oxygen atoms in total. The number of hydrogen-bond acceptors (Lipinski definition) is 1. The molecule has 0 aliphatic heterocycles. The van der Waals surface area contributed by atoms with Crippen molar-refractivity contribution < 1.29 is 4.42 Å². The van der Waals surface area contributed by atoms with Gasteiger partial charge >= 0.3 is 0 Å². The van der Waals surface area contributed by atoms with Gasteiger partial charge in [-0.1, -0.05) is 103 Å². The van der Waals surface area contributed by atoms with Crippen molar-refractivity contribution in [2.45, 2.75) is 0 Å². The van der Waals surface area contributed by atoms with E-state index < -0.39 is 0 Å². The lowest BCUT2D eigenvalue weighted by Gasteiger charge is -2.14. The first-order chi connectivity index (χ1) is 23.3. The van der Waals surface area contributed by atoms with E-state index in [-0.39, 0.29) is 0 Å². The van der Waals surface area contributed by atoms with Crippen LogP contribution in [0.25, 0.3) is 98.5 Å². The van der Waals surface area contributed by atoms with E-state index in [9.17, 15) is 0 Å². The van der Waals surface area contributed by atoms with E-state index in [0.717, 1.165) is 44.0 Å². The van der Waals surface area contributed by atoms with Crippen LogP contribution in [-0.2, 0) is 0 Å². The highest BCUT2D eigenvalue weighted by molar-refractivity contribution is 6.34. The lowest BCUT2D eigenvalue weighted by atomic mass is 10.00. The molecule has 11 aromatic rings.